The fourth-order valence-electron chi connectivity index (χ4n) is 3.52. The van der Waals surface area contributed by atoms with Crippen LogP contribution in [0.1, 0.15) is 53.7 Å². The lowest BCUT2D eigenvalue weighted by Gasteiger charge is -2.23. The Kier molecular flexibility index (Phi) is 5.09. The Bertz CT molecular complexity index is 834. The van der Waals surface area contributed by atoms with Gasteiger partial charge in [-0.2, -0.15) is 0 Å². The first-order valence-electron chi connectivity index (χ1n) is 9.46. The van der Waals surface area contributed by atoms with E-state index in [1.165, 1.54) is 19.3 Å². The maximum absolute atomic E-state index is 12.5. The molecule has 0 unspecified atom stereocenters. The van der Waals surface area contributed by atoms with E-state index >= 15 is 0 Å². The molecule has 1 aromatic heterocycles. The molecule has 2 aliphatic rings. The molecule has 1 fully saturated rings. The monoisotopic (exact) mass is 368 g/mol. The lowest BCUT2D eigenvalue weighted by molar-refractivity contribution is 0.0926. The second-order valence-corrected chi connectivity index (χ2v) is 7.04. The van der Waals surface area contributed by atoms with Crippen LogP contribution in [0.3, 0.4) is 0 Å². The highest BCUT2D eigenvalue weighted by Gasteiger charge is 2.19. The van der Waals surface area contributed by atoms with Crippen molar-refractivity contribution in [1.82, 2.24) is 15.3 Å². The smallest absolute Gasteiger partial charge is 0.254 e. The summed E-state index contributed by atoms with van der Waals surface area (Å²) in [6, 6.07) is 6.08. The molecule has 0 saturated heterocycles. The fraction of sp³-hybridized carbons (Fsp3) is 0.450. The van der Waals surface area contributed by atoms with Gasteiger partial charge in [0.2, 0.25) is 12.7 Å². The summed E-state index contributed by atoms with van der Waals surface area (Å²) in [6.45, 7) is 2.66. The molecular weight excluding hydrogens is 344 g/mol. The van der Waals surface area contributed by atoms with Gasteiger partial charge < -0.3 is 20.1 Å². The SMILES string of the molecule is Cc1nc(NCc2ccc3c(c2)OCO3)ncc1C(=O)NC1CCCCC1. The van der Waals surface area contributed by atoms with Gasteiger partial charge >= 0.3 is 0 Å². The number of amides is 1. The van der Waals surface area contributed by atoms with Crippen LogP contribution in [-0.2, 0) is 6.54 Å². The molecule has 0 spiro atoms. The number of ether oxygens (including phenoxy) is 2. The van der Waals surface area contributed by atoms with Crippen molar-refractivity contribution in [3.63, 3.8) is 0 Å². The van der Waals surface area contributed by atoms with Crippen LogP contribution in [0.5, 0.6) is 11.5 Å². The topological polar surface area (TPSA) is 85.4 Å². The van der Waals surface area contributed by atoms with Crippen molar-refractivity contribution in [3.05, 3.63) is 41.2 Å². The summed E-state index contributed by atoms with van der Waals surface area (Å²) in [4.78, 5) is 21.2. The Hall–Kier alpha value is -2.83. The number of fused-ring (bicyclic) bond motifs is 1. The molecular formula is C20H24N4O3. The van der Waals surface area contributed by atoms with Crippen molar-refractivity contribution in [2.75, 3.05) is 12.1 Å². The molecule has 0 radical (unpaired) electrons. The minimum absolute atomic E-state index is 0.0817. The number of nitrogens with one attached hydrogen (secondary N) is 2. The number of hydrogen-bond acceptors (Lipinski definition) is 6. The molecule has 2 N–H and O–H groups in total. The summed E-state index contributed by atoms with van der Waals surface area (Å²) in [5.74, 6) is 1.93. The molecule has 0 atom stereocenters. The van der Waals surface area contributed by atoms with Crippen LogP contribution >= 0.6 is 0 Å². The van der Waals surface area contributed by atoms with E-state index in [2.05, 4.69) is 20.6 Å². The lowest BCUT2D eigenvalue weighted by atomic mass is 9.95. The quantitative estimate of drug-likeness (QED) is 0.843. The summed E-state index contributed by atoms with van der Waals surface area (Å²) < 4.78 is 10.7. The third-order valence-electron chi connectivity index (χ3n) is 5.05. The van der Waals surface area contributed by atoms with Crippen LogP contribution in [0.25, 0.3) is 0 Å². The van der Waals surface area contributed by atoms with E-state index in [0.29, 0.717) is 23.8 Å². The average Bonchev–Trinajstić information content (AvgIpc) is 3.15. The summed E-state index contributed by atoms with van der Waals surface area (Å²) >= 11 is 0. The Labute approximate surface area is 158 Å². The number of carbonyl (C=O) groups excluding carboxylic acids is 1. The lowest BCUT2D eigenvalue weighted by Crippen LogP contribution is -2.36. The Morgan fingerprint density at radius 1 is 1.19 bits per heavy atom. The van der Waals surface area contributed by atoms with Gasteiger partial charge in [0.25, 0.3) is 5.91 Å². The number of aromatic nitrogens is 2. The minimum Gasteiger partial charge on any atom is -0.454 e. The Balaban J connectivity index is 1.37. The van der Waals surface area contributed by atoms with Gasteiger partial charge in [0.15, 0.2) is 11.5 Å². The number of nitrogens with zero attached hydrogens (tertiary/aromatic N) is 2. The number of benzene rings is 1. The third kappa shape index (κ3) is 4.13. The molecule has 1 aromatic carbocycles. The summed E-state index contributed by atoms with van der Waals surface area (Å²) in [5.41, 5.74) is 2.25. The van der Waals surface area contributed by atoms with E-state index in [-0.39, 0.29) is 18.7 Å². The van der Waals surface area contributed by atoms with E-state index in [1.807, 2.05) is 25.1 Å². The van der Waals surface area contributed by atoms with Crippen molar-refractivity contribution in [1.29, 1.82) is 0 Å². The van der Waals surface area contributed by atoms with Gasteiger partial charge in [-0.15, -0.1) is 0 Å². The van der Waals surface area contributed by atoms with Gasteiger partial charge in [-0.3, -0.25) is 4.79 Å². The first kappa shape index (κ1) is 17.6. The van der Waals surface area contributed by atoms with Gasteiger partial charge in [0.05, 0.1) is 11.3 Å². The van der Waals surface area contributed by atoms with Crippen molar-refractivity contribution in [3.8, 4) is 11.5 Å². The second-order valence-electron chi connectivity index (χ2n) is 7.04. The predicted molar refractivity (Wildman–Crippen MR) is 101 cm³/mol. The van der Waals surface area contributed by atoms with Crippen molar-refractivity contribution >= 4 is 11.9 Å². The van der Waals surface area contributed by atoms with E-state index < -0.39 is 0 Å². The zero-order valence-corrected chi connectivity index (χ0v) is 15.5. The summed E-state index contributed by atoms with van der Waals surface area (Å²) in [5, 5.41) is 6.30. The largest absolute Gasteiger partial charge is 0.454 e. The number of carbonyl (C=O) groups is 1. The number of hydrogen-bond donors (Lipinski definition) is 2. The molecule has 1 saturated carbocycles. The molecule has 1 amide bonds. The van der Waals surface area contributed by atoms with Crippen LogP contribution in [0.4, 0.5) is 5.95 Å². The Morgan fingerprint density at radius 2 is 2.00 bits per heavy atom. The van der Waals surface area contributed by atoms with Crippen LogP contribution in [0, 0.1) is 6.92 Å². The molecule has 4 rings (SSSR count). The minimum atomic E-state index is -0.0817. The van der Waals surface area contributed by atoms with Gasteiger partial charge in [-0.1, -0.05) is 25.3 Å². The zero-order valence-electron chi connectivity index (χ0n) is 15.5. The maximum atomic E-state index is 12.5. The molecule has 2 aromatic rings. The summed E-state index contributed by atoms with van der Waals surface area (Å²) in [6.07, 6.45) is 7.34. The Morgan fingerprint density at radius 3 is 2.81 bits per heavy atom. The molecule has 142 valence electrons. The zero-order chi connectivity index (χ0) is 18.6. The van der Waals surface area contributed by atoms with Crippen molar-refractivity contribution < 1.29 is 14.3 Å². The van der Waals surface area contributed by atoms with Crippen molar-refractivity contribution in [2.45, 2.75) is 51.6 Å². The normalized spacial score (nSPS) is 16.2. The highest BCUT2D eigenvalue weighted by Crippen LogP contribution is 2.32. The van der Waals surface area contributed by atoms with Crippen LogP contribution in [0.15, 0.2) is 24.4 Å². The van der Waals surface area contributed by atoms with E-state index in [0.717, 1.165) is 29.9 Å². The van der Waals surface area contributed by atoms with Crippen LogP contribution in [0.2, 0.25) is 0 Å². The fourth-order valence-corrected chi connectivity index (χ4v) is 3.52. The predicted octanol–water partition coefficient (Wildman–Crippen LogP) is 3.19. The van der Waals surface area contributed by atoms with Gasteiger partial charge in [-0.25, -0.2) is 9.97 Å². The number of aryl methyl sites for hydroxylation is 1. The first-order valence-corrected chi connectivity index (χ1v) is 9.46. The molecule has 0 bridgehead atoms. The van der Waals surface area contributed by atoms with Gasteiger partial charge in [-0.05, 0) is 37.5 Å². The molecule has 2 heterocycles. The molecule has 1 aliphatic heterocycles. The van der Waals surface area contributed by atoms with Crippen LogP contribution < -0.4 is 20.1 Å². The number of rotatable bonds is 5. The van der Waals surface area contributed by atoms with Crippen LogP contribution in [-0.4, -0.2) is 28.7 Å². The van der Waals surface area contributed by atoms with E-state index in [4.69, 9.17) is 9.47 Å². The highest BCUT2D eigenvalue weighted by molar-refractivity contribution is 5.95. The highest BCUT2D eigenvalue weighted by atomic mass is 16.7. The van der Waals surface area contributed by atoms with E-state index in [1.54, 1.807) is 6.20 Å². The first-order chi connectivity index (χ1) is 13.2. The molecule has 27 heavy (non-hydrogen) atoms. The van der Waals surface area contributed by atoms with Crippen molar-refractivity contribution in [2.24, 2.45) is 0 Å². The third-order valence-corrected chi connectivity index (χ3v) is 5.05. The second kappa shape index (κ2) is 7.82. The van der Waals surface area contributed by atoms with E-state index in [9.17, 15) is 4.79 Å². The molecule has 7 heteroatoms. The number of anilines is 1. The standard InChI is InChI=1S/C20H24N4O3/c1-13-16(19(25)24-15-5-3-2-4-6-15)11-22-20(23-13)21-10-14-7-8-17-18(9-14)27-12-26-17/h7-9,11,15H,2-6,10,12H2,1H3,(H,24,25)(H,21,22,23). The molecule has 1 aliphatic carbocycles. The van der Waals surface area contributed by atoms with Gasteiger partial charge in [0.1, 0.15) is 0 Å². The average molecular weight is 368 g/mol. The molecule has 7 nitrogen and oxygen atoms in total. The maximum Gasteiger partial charge on any atom is 0.254 e. The van der Waals surface area contributed by atoms with Gasteiger partial charge in [0, 0.05) is 18.8 Å². The summed E-state index contributed by atoms with van der Waals surface area (Å²) in [7, 11) is 0.